The third-order valence-electron chi connectivity index (χ3n) is 6.90. The van der Waals surface area contributed by atoms with Crippen molar-refractivity contribution in [1.29, 1.82) is 0 Å². The van der Waals surface area contributed by atoms with Crippen molar-refractivity contribution in [2.75, 3.05) is 32.8 Å². The number of furan rings is 1. The lowest BCUT2D eigenvalue weighted by molar-refractivity contribution is -0.148. The van der Waals surface area contributed by atoms with Crippen molar-refractivity contribution in [3.8, 4) is 0 Å². The van der Waals surface area contributed by atoms with Crippen LogP contribution in [0.1, 0.15) is 50.7 Å². The fourth-order valence-electron chi connectivity index (χ4n) is 5.16. The molecule has 3 amide bonds. The van der Waals surface area contributed by atoms with Crippen molar-refractivity contribution in [3.63, 3.8) is 0 Å². The van der Waals surface area contributed by atoms with E-state index in [1.54, 1.807) is 0 Å². The van der Waals surface area contributed by atoms with Crippen molar-refractivity contribution < 1.29 is 23.5 Å². The first-order valence-electron chi connectivity index (χ1n) is 12.0. The summed E-state index contributed by atoms with van der Waals surface area (Å²) in [4.78, 5) is 43.2. The van der Waals surface area contributed by atoms with E-state index in [4.69, 9.17) is 9.15 Å². The highest BCUT2D eigenvalue weighted by molar-refractivity contribution is 6.08. The monoisotopic (exact) mass is 457 g/mol. The fraction of sp³-hybridized carbons (Fsp3) is 0.640. The first kappa shape index (κ1) is 23.7. The van der Waals surface area contributed by atoms with Gasteiger partial charge in [0, 0.05) is 19.6 Å². The predicted octanol–water partition coefficient (Wildman–Crippen LogP) is 2.44. The van der Waals surface area contributed by atoms with Gasteiger partial charge in [0.05, 0.1) is 31.1 Å². The normalized spacial score (nSPS) is 25.4. The molecule has 4 atom stereocenters. The van der Waals surface area contributed by atoms with Crippen LogP contribution in [0.5, 0.6) is 0 Å². The molecule has 0 radical (unpaired) electrons. The summed E-state index contributed by atoms with van der Waals surface area (Å²) in [7, 11) is 0. The van der Waals surface area contributed by atoms with E-state index in [2.05, 4.69) is 10.2 Å². The van der Waals surface area contributed by atoms with E-state index >= 15 is 0 Å². The number of ether oxygens (including phenoxy) is 1. The molecule has 4 unspecified atom stereocenters. The van der Waals surface area contributed by atoms with Gasteiger partial charge in [0.1, 0.15) is 17.6 Å². The molecular formula is C25H35N3O5. The van der Waals surface area contributed by atoms with Gasteiger partial charge in [-0.25, -0.2) is 0 Å². The second-order valence-electron chi connectivity index (χ2n) is 9.71. The molecule has 0 aromatic carbocycles. The number of aryl methyl sites for hydroxylation is 1. The van der Waals surface area contributed by atoms with Gasteiger partial charge >= 0.3 is 0 Å². The molecule has 3 heterocycles. The lowest BCUT2D eigenvalue weighted by Crippen LogP contribution is -2.52. The number of allylic oxidation sites excluding steroid dienone is 2. The summed E-state index contributed by atoms with van der Waals surface area (Å²) in [6.45, 7) is 9.00. The van der Waals surface area contributed by atoms with Gasteiger partial charge in [-0.05, 0) is 44.2 Å². The molecule has 2 fully saturated rings. The van der Waals surface area contributed by atoms with E-state index in [-0.39, 0.29) is 41.5 Å². The molecule has 0 saturated carbocycles. The standard InChI is InChI=1S/C25H35N3O5/c1-16(2)14-20(28-24(30)18-6-4-5-7-19(18)25(28)31)23(29)26-15-21(22-9-8-17(3)33-22)27-10-12-32-13-11-27/h4-5,8-9,16,18-21H,6-7,10-15H2,1-3H3,(H,26,29). The summed E-state index contributed by atoms with van der Waals surface area (Å²) < 4.78 is 11.4. The Morgan fingerprint density at radius 3 is 2.27 bits per heavy atom. The van der Waals surface area contributed by atoms with Crippen LogP contribution in [0, 0.1) is 24.7 Å². The zero-order valence-corrected chi connectivity index (χ0v) is 19.8. The number of rotatable bonds is 8. The molecule has 2 saturated heterocycles. The maximum absolute atomic E-state index is 13.4. The molecule has 1 aromatic rings. The van der Waals surface area contributed by atoms with Crippen molar-refractivity contribution in [3.05, 3.63) is 35.8 Å². The van der Waals surface area contributed by atoms with Gasteiger partial charge in [0.25, 0.3) is 0 Å². The second kappa shape index (κ2) is 10.2. The molecule has 0 bridgehead atoms. The van der Waals surface area contributed by atoms with Crippen LogP contribution in [-0.4, -0.2) is 66.4 Å². The molecule has 8 nitrogen and oxygen atoms in total. The minimum Gasteiger partial charge on any atom is -0.465 e. The van der Waals surface area contributed by atoms with Gasteiger partial charge in [-0.2, -0.15) is 0 Å². The molecule has 2 aliphatic heterocycles. The molecule has 1 N–H and O–H groups in total. The summed E-state index contributed by atoms with van der Waals surface area (Å²) in [6, 6.07) is 2.93. The van der Waals surface area contributed by atoms with Gasteiger partial charge in [-0.3, -0.25) is 24.2 Å². The third kappa shape index (κ3) is 5.06. The van der Waals surface area contributed by atoms with Crippen LogP contribution in [-0.2, 0) is 19.1 Å². The van der Waals surface area contributed by atoms with E-state index in [0.29, 0.717) is 39.0 Å². The molecule has 0 spiro atoms. The van der Waals surface area contributed by atoms with E-state index in [9.17, 15) is 14.4 Å². The number of nitrogens with zero attached hydrogens (tertiary/aromatic N) is 2. The number of morpholine rings is 1. The van der Waals surface area contributed by atoms with Crippen LogP contribution in [0.4, 0.5) is 0 Å². The number of hydrogen-bond donors (Lipinski definition) is 1. The zero-order chi connectivity index (χ0) is 23.5. The number of likely N-dealkylation sites (tertiary alicyclic amines) is 1. The minimum absolute atomic E-state index is 0.136. The maximum atomic E-state index is 13.4. The molecule has 3 aliphatic rings. The summed E-state index contributed by atoms with van der Waals surface area (Å²) in [5.74, 6) is 0.401. The number of fused-ring (bicyclic) bond motifs is 1. The number of amides is 3. The predicted molar refractivity (Wildman–Crippen MR) is 122 cm³/mol. The Morgan fingerprint density at radius 2 is 1.73 bits per heavy atom. The highest BCUT2D eigenvalue weighted by atomic mass is 16.5. The number of carbonyl (C=O) groups excluding carboxylic acids is 3. The average molecular weight is 458 g/mol. The highest BCUT2D eigenvalue weighted by Gasteiger charge is 2.51. The summed E-state index contributed by atoms with van der Waals surface area (Å²) in [5, 5.41) is 3.05. The Bertz CT molecular complexity index is 876. The van der Waals surface area contributed by atoms with E-state index in [1.807, 2.05) is 45.1 Å². The molecule has 1 aliphatic carbocycles. The first-order valence-corrected chi connectivity index (χ1v) is 12.0. The zero-order valence-electron chi connectivity index (χ0n) is 19.8. The number of imide groups is 1. The van der Waals surface area contributed by atoms with Crippen LogP contribution in [0.15, 0.2) is 28.7 Å². The Morgan fingerprint density at radius 1 is 1.09 bits per heavy atom. The van der Waals surface area contributed by atoms with E-state index in [0.717, 1.165) is 24.6 Å². The molecule has 33 heavy (non-hydrogen) atoms. The van der Waals surface area contributed by atoms with Gasteiger partial charge in [-0.15, -0.1) is 0 Å². The molecule has 8 heteroatoms. The lowest BCUT2D eigenvalue weighted by Gasteiger charge is -2.34. The molecular weight excluding hydrogens is 422 g/mol. The van der Waals surface area contributed by atoms with Crippen LogP contribution in [0.2, 0.25) is 0 Å². The molecule has 4 rings (SSSR count). The Balaban J connectivity index is 1.50. The van der Waals surface area contributed by atoms with Crippen LogP contribution >= 0.6 is 0 Å². The van der Waals surface area contributed by atoms with Gasteiger partial charge in [-0.1, -0.05) is 26.0 Å². The van der Waals surface area contributed by atoms with E-state index < -0.39 is 6.04 Å². The third-order valence-corrected chi connectivity index (χ3v) is 6.90. The maximum Gasteiger partial charge on any atom is 0.243 e. The van der Waals surface area contributed by atoms with Crippen molar-refractivity contribution in [2.45, 2.75) is 52.1 Å². The Kier molecular flexibility index (Phi) is 7.34. The van der Waals surface area contributed by atoms with Crippen molar-refractivity contribution in [1.82, 2.24) is 15.1 Å². The summed E-state index contributed by atoms with van der Waals surface area (Å²) in [5.41, 5.74) is 0. The largest absolute Gasteiger partial charge is 0.465 e. The summed E-state index contributed by atoms with van der Waals surface area (Å²) >= 11 is 0. The minimum atomic E-state index is -0.792. The number of carbonyl (C=O) groups is 3. The fourth-order valence-corrected chi connectivity index (χ4v) is 5.16. The number of nitrogens with one attached hydrogen (secondary N) is 1. The Hall–Kier alpha value is -2.45. The van der Waals surface area contributed by atoms with Crippen LogP contribution < -0.4 is 5.32 Å². The van der Waals surface area contributed by atoms with Crippen LogP contribution in [0.25, 0.3) is 0 Å². The average Bonchev–Trinajstić information content (AvgIpc) is 3.34. The SMILES string of the molecule is Cc1ccc(C(CNC(=O)C(CC(C)C)N2C(=O)C3CC=CCC3C2=O)N2CCOCC2)o1. The first-order chi connectivity index (χ1) is 15.9. The van der Waals surface area contributed by atoms with Crippen molar-refractivity contribution >= 4 is 17.7 Å². The van der Waals surface area contributed by atoms with Crippen LogP contribution in [0.3, 0.4) is 0 Å². The smallest absolute Gasteiger partial charge is 0.243 e. The lowest BCUT2D eigenvalue weighted by atomic mass is 9.85. The second-order valence-corrected chi connectivity index (χ2v) is 9.71. The quantitative estimate of drug-likeness (QED) is 0.476. The van der Waals surface area contributed by atoms with Gasteiger partial charge in [0.15, 0.2) is 0 Å². The molecule has 1 aromatic heterocycles. The number of hydrogen-bond acceptors (Lipinski definition) is 6. The summed E-state index contributed by atoms with van der Waals surface area (Å²) in [6.07, 6.45) is 5.51. The topological polar surface area (TPSA) is 92.1 Å². The Labute approximate surface area is 195 Å². The van der Waals surface area contributed by atoms with Crippen molar-refractivity contribution in [2.24, 2.45) is 17.8 Å². The van der Waals surface area contributed by atoms with Gasteiger partial charge < -0.3 is 14.5 Å². The van der Waals surface area contributed by atoms with E-state index in [1.165, 1.54) is 4.90 Å². The highest BCUT2D eigenvalue weighted by Crippen LogP contribution is 2.37. The molecule has 180 valence electrons. The van der Waals surface area contributed by atoms with Gasteiger partial charge in [0.2, 0.25) is 17.7 Å².